The van der Waals surface area contributed by atoms with E-state index in [-0.39, 0.29) is 15.5 Å². The summed E-state index contributed by atoms with van der Waals surface area (Å²) in [5.41, 5.74) is 1.02. The summed E-state index contributed by atoms with van der Waals surface area (Å²) in [6, 6.07) is 6.89. The summed E-state index contributed by atoms with van der Waals surface area (Å²) in [6.07, 6.45) is -1.18. The van der Waals surface area contributed by atoms with E-state index >= 15 is 0 Å². The third kappa shape index (κ3) is 5.68. The predicted molar refractivity (Wildman–Crippen MR) is 119 cm³/mol. The van der Waals surface area contributed by atoms with Gasteiger partial charge in [-0.1, -0.05) is 23.2 Å². The van der Waals surface area contributed by atoms with Crippen LogP contribution in [0.2, 0.25) is 10.0 Å². The SMILES string of the molecule is COc1cc(Cl)c(C)cc1NC(=O)C(C)OC(=O)c1ccc(Cl)c(S(=O)(=O)N(C)C)c1. The van der Waals surface area contributed by atoms with Crippen molar-refractivity contribution in [2.45, 2.75) is 24.8 Å². The number of nitrogens with one attached hydrogen (secondary N) is 1. The van der Waals surface area contributed by atoms with Crippen LogP contribution < -0.4 is 10.1 Å². The molecule has 0 fully saturated rings. The summed E-state index contributed by atoms with van der Waals surface area (Å²) >= 11 is 12.0. The maximum Gasteiger partial charge on any atom is 0.338 e. The van der Waals surface area contributed by atoms with E-state index in [0.29, 0.717) is 16.5 Å². The van der Waals surface area contributed by atoms with Gasteiger partial charge in [-0.2, -0.15) is 0 Å². The lowest BCUT2D eigenvalue weighted by Gasteiger charge is -2.17. The zero-order chi connectivity index (χ0) is 23.5. The first-order valence-electron chi connectivity index (χ1n) is 8.96. The van der Waals surface area contributed by atoms with Gasteiger partial charge in [-0.05, 0) is 43.7 Å². The van der Waals surface area contributed by atoms with E-state index in [0.717, 1.165) is 15.9 Å². The molecule has 1 atom stereocenters. The number of anilines is 1. The highest BCUT2D eigenvalue weighted by Gasteiger charge is 2.25. The molecule has 0 heterocycles. The molecule has 31 heavy (non-hydrogen) atoms. The van der Waals surface area contributed by atoms with Crippen molar-refractivity contribution in [3.05, 3.63) is 51.5 Å². The highest BCUT2D eigenvalue weighted by atomic mass is 35.5. The maximum atomic E-state index is 12.5. The van der Waals surface area contributed by atoms with E-state index in [9.17, 15) is 18.0 Å². The van der Waals surface area contributed by atoms with Gasteiger partial charge in [-0.3, -0.25) is 4.79 Å². The number of sulfonamides is 1. The number of benzene rings is 2. The van der Waals surface area contributed by atoms with Crippen LogP contribution >= 0.6 is 23.2 Å². The van der Waals surface area contributed by atoms with E-state index in [1.54, 1.807) is 19.1 Å². The third-order valence-electron chi connectivity index (χ3n) is 4.32. The molecule has 168 valence electrons. The van der Waals surface area contributed by atoms with Crippen molar-refractivity contribution in [2.75, 3.05) is 26.5 Å². The van der Waals surface area contributed by atoms with Crippen molar-refractivity contribution in [3.63, 3.8) is 0 Å². The van der Waals surface area contributed by atoms with E-state index in [1.165, 1.54) is 40.3 Å². The number of hydrogen-bond donors (Lipinski definition) is 1. The standard InChI is InChI=1S/C20H22Cl2N2O6S/c1-11-8-16(17(29-5)10-15(11)22)23-19(25)12(2)30-20(26)13-6-7-14(21)18(9-13)31(27,28)24(3)4/h6-10,12H,1-5H3,(H,23,25). The van der Waals surface area contributed by atoms with Gasteiger partial charge >= 0.3 is 5.97 Å². The molecular formula is C20H22Cl2N2O6S. The van der Waals surface area contributed by atoms with Crippen molar-refractivity contribution in [3.8, 4) is 5.75 Å². The number of esters is 1. The second kappa shape index (κ2) is 9.86. The Morgan fingerprint density at radius 1 is 1.10 bits per heavy atom. The number of rotatable bonds is 7. The number of carbonyl (C=O) groups is 2. The number of ether oxygens (including phenoxy) is 2. The third-order valence-corrected chi connectivity index (χ3v) is 7.02. The van der Waals surface area contributed by atoms with Gasteiger partial charge in [0.05, 0.1) is 23.4 Å². The number of carbonyl (C=O) groups excluding carboxylic acids is 2. The molecule has 0 bridgehead atoms. The molecule has 1 amide bonds. The largest absolute Gasteiger partial charge is 0.495 e. The lowest BCUT2D eigenvalue weighted by molar-refractivity contribution is -0.123. The number of nitrogens with zero attached hydrogens (tertiary/aromatic N) is 1. The molecule has 0 aromatic heterocycles. The first-order valence-corrected chi connectivity index (χ1v) is 11.2. The van der Waals surface area contributed by atoms with Crippen LogP contribution in [-0.4, -0.2) is 51.9 Å². The van der Waals surface area contributed by atoms with Crippen LogP contribution in [0.25, 0.3) is 0 Å². The summed E-state index contributed by atoms with van der Waals surface area (Å²) in [7, 11) is 0.242. The number of methoxy groups -OCH3 is 1. The quantitative estimate of drug-likeness (QED) is 0.595. The Bertz CT molecular complexity index is 1120. The molecule has 1 N–H and O–H groups in total. The van der Waals surface area contributed by atoms with Crippen LogP contribution in [0.3, 0.4) is 0 Å². The van der Waals surface area contributed by atoms with Crippen LogP contribution in [-0.2, 0) is 19.6 Å². The van der Waals surface area contributed by atoms with Crippen LogP contribution in [0.4, 0.5) is 5.69 Å². The average molecular weight is 489 g/mol. The minimum Gasteiger partial charge on any atom is -0.495 e. The summed E-state index contributed by atoms with van der Waals surface area (Å²) in [5, 5.41) is 3.05. The Hall–Kier alpha value is -2.33. The number of aryl methyl sites for hydroxylation is 1. The fourth-order valence-corrected chi connectivity index (χ4v) is 4.02. The fraction of sp³-hybridized carbons (Fsp3) is 0.300. The van der Waals surface area contributed by atoms with Gasteiger partial charge in [-0.25, -0.2) is 17.5 Å². The van der Waals surface area contributed by atoms with Gasteiger partial charge in [0.25, 0.3) is 5.91 Å². The smallest absolute Gasteiger partial charge is 0.338 e. The molecule has 0 saturated carbocycles. The van der Waals surface area contributed by atoms with Gasteiger partial charge in [0.2, 0.25) is 10.0 Å². The molecule has 0 aliphatic heterocycles. The Morgan fingerprint density at radius 2 is 1.74 bits per heavy atom. The van der Waals surface area contributed by atoms with Crippen LogP contribution in [0.5, 0.6) is 5.75 Å². The number of amides is 1. The summed E-state index contributed by atoms with van der Waals surface area (Å²) < 4.78 is 36.1. The van der Waals surface area contributed by atoms with Crippen molar-refractivity contribution in [1.29, 1.82) is 0 Å². The second-order valence-electron chi connectivity index (χ2n) is 6.77. The Kier molecular flexibility index (Phi) is 7.93. The zero-order valence-corrected chi connectivity index (χ0v) is 19.9. The lowest BCUT2D eigenvalue weighted by atomic mass is 10.2. The van der Waals surface area contributed by atoms with Gasteiger partial charge in [0.15, 0.2) is 6.10 Å². The molecule has 1 unspecified atom stereocenters. The molecular weight excluding hydrogens is 467 g/mol. The van der Waals surface area contributed by atoms with Gasteiger partial charge in [0, 0.05) is 25.2 Å². The Labute approximate surface area is 191 Å². The number of hydrogen-bond acceptors (Lipinski definition) is 6. The molecule has 0 aliphatic rings. The molecule has 2 rings (SSSR count). The molecule has 0 spiro atoms. The molecule has 0 radical (unpaired) electrons. The maximum absolute atomic E-state index is 12.5. The van der Waals surface area contributed by atoms with E-state index in [2.05, 4.69) is 5.32 Å². The Morgan fingerprint density at radius 3 is 2.32 bits per heavy atom. The van der Waals surface area contributed by atoms with Crippen molar-refractivity contribution < 1.29 is 27.5 Å². The molecule has 2 aromatic rings. The Balaban J connectivity index is 2.20. The normalized spacial score (nSPS) is 12.4. The van der Waals surface area contributed by atoms with Crippen LogP contribution in [0, 0.1) is 6.92 Å². The molecule has 11 heteroatoms. The molecule has 2 aromatic carbocycles. The minimum absolute atomic E-state index is 0.0405. The molecule has 0 aliphatic carbocycles. The van der Waals surface area contributed by atoms with Crippen LogP contribution in [0.15, 0.2) is 35.2 Å². The summed E-state index contributed by atoms with van der Waals surface area (Å²) in [4.78, 5) is 24.8. The second-order valence-corrected chi connectivity index (χ2v) is 9.71. The minimum atomic E-state index is -3.87. The van der Waals surface area contributed by atoms with E-state index in [1.807, 2.05) is 0 Å². The predicted octanol–water partition coefficient (Wildman–Crippen LogP) is 3.74. The van der Waals surface area contributed by atoms with Gasteiger partial charge in [0.1, 0.15) is 10.6 Å². The fourth-order valence-electron chi connectivity index (χ4n) is 2.47. The summed E-state index contributed by atoms with van der Waals surface area (Å²) in [6.45, 7) is 3.15. The van der Waals surface area contributed by atoms with Gasteiger partial charge in [-0.15, -0.1) is 0 Å². The number of halogens is 2. The topological polar surface area (TPSA) is 102 Å². The van der Waals surface area contributed by atoms with Crippen LogP contribution in [0.1, 0.15) is 22.8 Å². The van der Waals surface area contributed by atoms with Crippen molar-refractivity contribution in [1.82, 2.24) is 4.31 Å². The highest BCUT2D eigenvalue weighted by Crippen LogP contribution is 2.31. The summed E-state index contributed by atoms with van der Waals surface area (Å²) in [5.74, 6) is -1.14. The average Bonchev–Trinajstić information content (AvgIpc) is 2.70. The first-order chi connectivity index (χ1) is 14.4. The highest BCUT2D eigenvalue weighted by molar-refractivity contribution is 7.89. The van der Waals surface area contributed by atoms with E-state index < -0.39 is 28.0 Å². The van der Waals surface area contributed by atoms with Crippen molar-refractivity contribution in [2.24, 2.45) is 0 Å². The first kappa shape index (κ1) is 24.9. The molecule has 8 nitrogen and oxygen atoms in total. The zero-order valence-electron chi connectivity index (χ0n) is 17.5. The monoisotopic (exact) mass is 488 g/mol. The van der Waals surface area contributed by atoms with E-state index in [4.69, 9.17) is 32.7 Å². The van der Waals surface area contributed by atoms with Crippen molar-refractivity contribution >= 4 is 50.8 Å². The molecule has 0 saturated heterocycles. The lowest BCUT2D eigenvalue weighted by Crippen LogP contribution is -2.30. The van der Waals surface area contributed by atoms with Gasteiger partial charge < -0.3 is 14.8 Å².